The quantitative estimate of drug-likeness (QED) is 0.715. The molecular formula is C20H17ClO2. The molecule has 0 amide bonds. The highest BCUT2D eigenvalue weighted by molar-refractivity contribution is 6.30. The van der Waals surface area contributed by atoms with Crippen molar-refractivity contribution in [2.75, 3.05) is 0 Å². The van der Waals surface area contributed by atoms with Crippen LogP contribution >= 0.6 is 11.6 Å². The number of rotatable bonds is 5. The molecule has 0 radical (unpaired) electrons. The Hall–Kier alpha value is -2.29. The number of aliphatic hydroxyl groups excluding tert-OH is 1. The van der Waals surface area contributed by atoms with Gasteiger partial charge < -0.3 is 9.84 Å². The monoisotopic (exact) mass is 324 g/mol. The summed E-state index contributed by atoms with van der Waals surface area (Å²) in [5, 5.41) is 11.1. The zero-order valence-electron chi connectivity index (χ0n) is 12.5. The van der Waals surface area contributed by atoms with E-state index >= 15 is 0 Å². The van der Waals surface area contributed by atoms with Crippen LogP contribution in [0, 0.1) is 0 Å². The third-order valence-corrected chi connectivity index (χ3v) is 3.86. The molecule has 0 aliphatic rings. The van der Waals surface area contributed by atoms with Gasteiger partial charge in [0.2, 0.25) is 0 Å². The molecule has 0 aliphatic heterocycles. The van der Waals surface area contributed by atoms with Crippen LogP contribution in [-0.4, -0.2) is 5.11 Å². The minimum absolute atomic E-state index is 0.501. The molecule has 116 valence electrons. The van der Waals surface area contributed by atoms with E-state index in [1.54, 1.807) is 12.1 Å². The van der Waals surface area contributed by atoms with Crippen molar-refractivity contribution in [1.82, 2.24) is 0 Å². The fourth-order valence-corrected chi connectivity index (χ4v) is 2.48. The predicted octanol–water partition coefficient (Wildman–Crippen LogP) is 5.00. The molecule has 0 spiro atoms. The van der Waals surface area contributed by atoms with E-state index in [4.69, 9.17) is 16.3 Å². The van der Waals surface area contributed by atoms with Crippen LogP contribution in [0.3, 0.4) is 0 Å². The lowest BCUT2D eigenvalue weighted by molar-refractivity contribution is 0.219. The molecule has 0 aromatic heterocycles. The second-order valence-electron chi connectivity index (χ2n) is 5.30. The lowest BCUT2D eigenvalue weighted by Crippen LogP contribution is -2.01. The topological polar surface area (TPSA) is 29.5 Å². The Morgan fingerprint density at radius 3 is 2.30 bits per heavy atom. The third-order valence-electron chi connectivity index (χ3n) is 3.61. The van der Waals surface area contributed by atoms with Gasteiger partial charge in [-0.1, -0.05) is 66.2 Å². The Bertz CT molecular complexity index is 754. The van der Waals surface area contributed by atoms with Crippen molar-refractivity contribution >= 4 is 11.6 Å². The van der Waals surface area contributed by atoms with Gasteiger partial charge in [-0.3, -0.25) is 0 Å². The van der Waals surface area contributed by atoms with Gasteiger partial charge in [0.25, 0.3) is 0 Å². The first-order chi connectivity index (χ1) is 11.2. The smallest absolute Gasteiger partial charge is 0.120 e. The molecule has 23 heavy (non-hydrogen) atoms. The number of benzene rings is 3. The molecular weight excluding hydrogens is 308 g/mol. The van der Waals surface area contributed by atoms with Crippen LogP contribution in [0.15, 0.2) is 78.9 Å². The zero-order valence-corrected chi connectivity index (χ0v) is 13.3. The van der Waals surface area contributed by atoms with Gasteiger partial charge in [0.1, 0.15) is 18.5 Å². The highest BCUT2D eigenvalue weighted by Crippen LogP contribution is 2.26. The molecule has 3 heteroatoms. The summed E-state index contributed by atoms with van der Waals surface area (Å²) < 4.78 is 5.81. The van der Waals surface area contributed by atoms with Gasteiger partial charge in [-0.15, -0.1) is 0 Å². The molecule has 0 saturated heterocycles. The van der Waals surface area contributed by atoms with Crippen LogP contribution in [0.4, 0.5) is 0 Å². The molecule has 0 fully saturated rings. The predicted molar refractivity (Wildman–Crippen MR) is 92.7 cm³/mol. The molecule has 3 rings (SSSR count). The first-order valence-corrected chi connectivity index (χ1v) is 7.80. The fourth-order valence-electron chi connectivity index (χ4n) is 2.35. The summed E-state index contributed by atoms with van der Waals surface area (Å²) in [7, 11) is 0. The summed E-state index contributed by atoms with van der Waals surface area (Å²) in [5.74, 6) is 0.736. The molecule has 1 atom stereocenters. The van der Waals surface area contributed by atoms with Crippen LogP contribution in [-0.2, 0) is 6.61 Å². The number of aliphatic hydroxyl groups is 1. The average Bonchev–Trinajstić information content (AvgIpc) is 2.61. The van der Waals surface area contributed by atoms with Gasteiger partial charge >= 0.3 is 0 Å². The molecule has 2 nitrogen and oxygen atoms in total. The van der Waals surface area contributed by atoms with E-state index in [1.165, 1.54) is 0 Å². The van der Waals surface area contributed by atoms with E-state index in [9.17, 15) is 5.11 Å². The maximum Gasteiger partial charge on any atom is 0.120 e. The normalized spacial score (nSPS) is 11.9. The Morgan fingerprint density at radius 2 is 1.57 bits per heavy atom. The number of hydrogen-bond acceptors (Lipinski definition) is 2. The molecule has 0 heterocycles. The highest BCUT2D eigenvalue weighted by Gasteiger charge is 2.11. The fraction of sp³-hybridized carbons (Fsp3) is 0.100. The molecule has 0 aliphatic carbocycles. The van der Waals surface area contributed by atoms with Gasteiger partial charge in [0.05, 0.1) is 0 Å². The molecule has 3 aromatic carbocycles. The number of hydrogen-bond donors (Lipinski definition) is 1. The summed E-state index contributed by atoms with van der Waals surface area (Å²) in [6, 6.07) is 24.7. The second-order valence-corrected chi connectivity index (χ2v) is 5.74. The summed E-state index contributed by atoms with van der Waals surface area (Å²) in [6.07, 6.45) is -0.701. The van der Waals surface area contributed by atoms with Crippen molar-refractivity contribution in [3.05, 3.63) is 101 Å². The Kier molecular flexibility index (Phi) is 4.96. The highest BCUT2D eigenvalue weighted by atomic mass is 35.5. The summed E-state index contributed by atoms with van der Waals surface area (Å²) in [4.78, 5) is 0. The largest absolute Gasteiger partial charge is 0.489 e. The van der Waals surface area contributed by atoms with Gasteiger partial charge in [-0.05, 0) is 41.0 Å². The van der Waals surface area contributed by atoms with Crippen LogP contribution in [0.25, 0.3) is 0 Å². The minimum Gasteiger partial charge on any atom is -0.489 e. The van der Waals surface area contributed by atoms with Crippen molar-refractivity contribution < 1.29 is 9.84 Å². The lowest BCUT2D eigenvalue weighted by Gasteiger charge is -2.13. The van der Waals surface area contributed by atoms with Gasteiger partial charge in [0, 0.05) is 5.02 Å². The van der Waals surface area contributed by atoms with Gasteiger partial charge in [-0.25, -0.2) is 0 Å². The van der Waals surface area contributed by atoms with Crippen molar-refractivity contribution in [1.29, 1.82) is 0 Å². The minimum atomic E-state index is -0.701. The summed E-state index contributed by atoms with van der Waals surface area (Å²) in [5.41, 5.74) is 2.70. The standard InChI is InChI=1S/C20H17ClO2/c21-18-11-9-16(10-12-18)20(22)17-7-4-8-19(13-17)23-14-15-5-2-1-3-6-15/h1-13,20,22H,14H2. The summed E-state index contributed by atoms with van der Waals surface area (Å²) >= 11 is 5.89. The molecule has 3 aromatic rings. The van der Waals surface area contributed by atoms with Crippen LogP contribution in [0.5, 0.6) is 5.75 Å². The van der Waals surface area contributed by atoms with Crippen LogP contribution in [0.1, 0.15) is 22.8 Å². The zero-order chi connectivity index (χ0) is 16.1. The summed E-state index contributed by atoms with van der Waals surface area (Å²) in [6.45, 7) is 0.501. The van der Waals surface area contributed by atoms with E-state index in [-0.39, 0.29) is 0 Å². The third kappa shape index (κ3) is 4.13. The van der Waals surface area contributed by atoms with Crippen LogP contribution < -0.4 is 4.74 Å². The SMILES string of the molecule is OC(c1ccc(Cl)cc1)c1cccc(OCc2ccccc2)c1. The van der Waals surface area contributed by atoms with E-state index in [2.05, 4.69) is 0 Å². The van der Waals surface area contributed by atoms with Crippen molar-refractivity contribution in [2.24, 2.45) is 0 Å². The van der Waals surface area contributed by atoms with Crippen LogP contribution in [0.2, 0.25) is 5.02 Å². The average molecular weight is 325 g/mol. The Labute approximate surface area is 140 Å². The van der Waals surface area contributed by atoms with E-state index < -0.39 is 6.10 Å². The van der Waals surface area contributed by atoms with Gasteiger partial charge in [-0.2, -0.15) is 0 Å². The van der Waals surface area contributed by atoms with E-state index in [0.29, 0.717) is 11.6 Å². The Balaban J connectivity index is 1.73. The maximum absolute atomic E-state index is 10.5. The van der Waals surface area contributed by atoms with Gasteiger partial charge in [0.15, 0.2) is 0 Å². The van der Waals surface area contributed by atoms with E-state index in [1.807, 2.05) is 66.7 Å². The molecule has 1 unspecified atom stereocenters. The van der Waals surface area contributed by atoms with Crippen molar-refractivity contribution in [2.45, 2.75) is 12.7 Å². The second kappa shape index (κ2) is 7.32. The first-order valence-electron chi connectivity index (χ1n) is 7.42. The van der Waals surface area contributed by atoms with E-state index in [0.717, 1.165) is 22.4 Å². The van der Waals surface area contributed by atoms with Crippen molar-refractivity contribution in [3.63, 3.8) is 0 Å². The Morgan fingerprint density at radius 1 is 0.826 bits per heavy atom. The first kappa shape index (κ1) is 15.6. The molecule has 0 saturated carbocycles. The lowest BCUT2D eigenvalue weighted by atomic mass is 10.0. The maximum atomic E-state index is 10.5. The number of halogens is 1. The molecule has 1 N–H and O–H groups in total. The molecule has 0 bridgehead atoms. The number of ether oxygens (including phenoxy) is 1. The van der Waals surface area contributed by atoms with Crippen molar-refractivity contribution in [3.8, 4) is 5.75 Å².